The minimum Gasteiger partial charge on any atom is -0.392 e. The SMILES string of the molecule is CCN(CC)C(C)CNC(=O)c1cc(NCC(C)O)nc(-c2cnn3ccc(-c4cccs4)nc23)c1. The third-order valence-corrected chi connectivity index (χ3v) is 6.97. The number of pyridine rings is 1. The third-order valence-electron chi connectivity index (χ3n) is 6.08. The highest BCUT2D eigenvalue weighted by Crippen LogP contribution is 2.28. The van der Waals surface area contributed by atoms with Crippen LogP contribution in [0.1, 0.15) is 38.1 Å². The Morgan fingerprint density at radius 2 is 1.94 bits per heavy atom. The number of aromatic nitrogens is 4. The van der Waals surface area contributed by atoms with Crippen molar-refractivity contribution in [1.29, 1.82) is 0 Å². The molecular formula is C26H33N7O2S. The first-order valence-corrected chi connectivity index (χ1v) is 13.1. The fourth-order valence-corrected chi connectivity index (χ4v) is 4.77. The molecule has 0 saturated heterocycles. The summed E-state index contributed by atoms with van der Waals surface area (Å²) >= 11 is 1.62. The molecule has 0 bridgehead atoms. The Hall–Kier alpha value is -3.34. The summed E-state index contributed by atoms with van der Waals surface area (Å²) in [5.74, 6) is 0.325. The minimum atomic E-state index is -0.561. The van der Waals surface area contributed by atoms with Crippen LogP contribution in [-0.2, 0) is 0 Å². The number of fused-ring (bicyclic) bond motifs is 1. The van der Waals surface area contributed by atoms with Crippen LogP contribution in [0.15, 0.2) is 48.1 Å². The van der Waals surface area contributed by atoms with Gasteiger partial charge in [0.2, 0.25) is 0 Å². The third kappa shape index (κ3) is 5.89. The van der Waals surface area contributed by atoms with Gasteiger partial charge in [-0.3, -0.25) is 9.69 Å². The van der Waals surface area contributed by atoms with E-state index in [1.165, 1.54) is 0 Å². The highest BCUT2D eigenvalue weighted by atomic mass is 32.1. The van der Waals surface area contributed by atoms with Crippen molar-refractivity contribution in [2.45, 2.75) is 39.8 Å². The van der Waals surface area contributed by atoms with Gasteiger partial charge in [-0.05, 0) is 56.6 Å². The van der Waals surface area contributed by atoms with E-state index < -0.39 is 6.10 Å². The Morgan fingerprint density at radius 1 is 1.14 bits per heavy atom. The van der Waals surface area contributed by atoms with E-state index in [-0.39, 0.29) is 11.9 Å². The second-order valence-electron chi connectivity index (χ2n) is 8.75. The lowest BCUT2D eigenvalue weighted by Gasteiger charge is -2.26. The number of hydrogen-bond acceptors (Lipinski definition) is 8. The lowest BCUT2D eigenvalue weighted by atomic mass is 10.1. The summed E-state index contributed by atoms with van der Waals surface area (Å²) in [5, 5.41) is 22.4. The van der Waals surface area contributed by atoms with Gasteiger partial charge in [-0.25, -0.2) is 14.5 Å². The van der Waals surface area contributed by atoms with Gasteiger partial charge in [0.05, 0.1) is 34.1 Å². The first-order valence-electron chi connectivity index (χ1n) is 12.2. The Kier molecular flexibility index (Phi) is 8.29. The van der Waals surface area contributed by atoms with Gasteiger partial charge in [-0.1, -0.05) is 19.9 Å². The van der Waals surface area contributed by atoms with E-state index in [0.717, 1.165) is 29.2 Å². The number of anilines is 1. The fourth-order valence-electron chi connectivity index (χ4n) is 4.07. The van der Waals surface area contributed by atoms with Crippen LogP contribution in [0.3, 0.4) is 0 Å². The van der Waals surface area contributed by atoms with Crippen LogP contribution in [0.5, 0.6) is 0 Å². The summed E-state index contributed by atoms with van der Waals surface area (Å²) < 4.78 is 1.70. The molecule has 4 aromatic rings. The normalized spacial score (nSPS) is 13.2. The average Bonchev–Trinajstić information content (AvgIpc) is 3.56. The summed E-state index contributed by atoms with van der Waals surface area (Å²) in [6, 6.07) is 9.65. The highest BCUT2D eigenvalue weighted by molar-refractivity contribution is 7.13. The number of hydrogen-bond donors (Lipinski definition) is 3. The summed E-state index contributed by atoms with van der Waals surface area (Å²) in [6.07, 6.45) is 3.03. The number of amides is 1. The van der Waals surface area contributed by atoms with Crippen molar-refractivity contribution >= 4 is 28.7 Å². The molecule has 4 heterocycles. The van der Waals surface area contributed by atoms with Crippen molar-refractivity contribution in [2.24, 2.45) is 0 Å². The van der Waals surface area contributed by atoms with Gasteiger partial charge in [0.15, 0.2) is 5.65 Å². The van der Waals surface area contributed by atoms with Crippen LogP contribution in [-0.4, -0.2) is 73.8 Å². The summed E-state index contributed by atoms with van der Waals surface area (Å²) in [4.78, 5) is 26.1. The van der Waals surface area contributed by atoms with Crippen LogP contribution in [0, 0.1) is 0 Å². The van der Waals surface area contributed by atoms with Crippen molar-refractivity contribution in [3.8, 4) is 21.8 Å². The van der Waals surface area contributed by atoms with E-state index in [4.69, 9.17) is 9.97 Å². The lowest BCUT2D eigenvalue weighted by molar-refractivity contribution is 0.0938. The van der Waals surface area contributed by atoms with Crippen LogP contribution in [0.25, 0.3) is 27.5 Å². The average molecular weight is 508 g/mol. The molecule has 3 N–H and O–H groups in total. The van der Waals surface area contributed by atoms with E-state index in [2.05, 4.69) is 41.4 Å². The number of aliphatic hydroxyl groups is 1. The van der Waals surface area contributed by atoms with Crippen LogP contribution in [0.2, 0.25) is 0 Å². The number of nitrogens with one attached hydrogen (secondary N) is 2. The van der Waals surface area contributed by atoms with Gasteiger partial charge in [0.1, 0.15) is 5.82 Å². The van der Waals surface area contributed by atoms with Crippen LogP contribution < -0.4 is 10.6 Å². The van der Waals surface area contributed by atoms with Gasteiger partial charge in [0, 0.05) is 30.9 Å². The zero-order valence-electron chi connectivity index (χ0n) is 21.1. The molecule has 1 amide bonds. The maximum absolute atomic E-state index is 13.2. The fraction of sp³-hybridized carbons (Fsp3) is 0.385. The smallest absolute Gasteiger partial charge is 0.251 e. The van der Waals surface area contributed by atoms with Crippen LogP contribution >= 0.6 is 11.3 Å². The van der Waals surface area contributed by atoms with E-state index in [1.54, 1.807) is 41.1 Å². The van der Waals surface area contributed by atoms with E-state index in [1.807, 2.05) is 29.8 Å². The topological polar surface area (TPSA) is 108 Å². The monoisotopic (exact) mass is 507 g/mol. The van der Waals surface area contributed by atoms with Crippen molar-refractivity contribution in [3.63, 3.8) is 0 Å². The molecule has 0 aromatic carbocycles. The molecule has 0 spiro atoms. The van der Waals surface area contributed by atoms with Crippen molar-refractivity contribution in [2.75, 3.05) is 31.5 Å². The molecule has 4 aromatic heterocycles. The molecule has 0 aliphatic heterocycles. The lowest BCUT2D eigenvalue weighted by Crippen LogP contribution is -2.42. The van der Waals surface area contributed by atoms with E-state index >= 15 is 0 Å². The number of thiophene rings is 1. The van der Waals surface area contributed by atoms with Gasteiger partial charge < -0.3 is 15.7 Å². The number of aliphatic hydroxyl groups excluding tert-OH is 1. The Balaban J connectivity index is 1.68. The van der Waals surface area contributed by atoms with Gasteiger partial charge in [0.25, 0.3) is 5.91 Å². The van der Waals surface area contributed by atoms with Crippen molar-refractivity contribution < 1.29 is 9.90 Å². The number of carbonyl (C=O) groups excluding carboxylic acids is 1. The molecule has 0 aliphatic rings. The van der Waals surface area contributed by atoms with E-state index in [9.17, 15) is 9.90 Å². The first-order chi connectivity index (χ1) is 17.4. The number of carbonyl (C=O) groups is 1. The molecule has 10 heteroatoms. The predicted molar refractivity (Wildman–Crippen MR) is 144 cm³/mol. The van der Waals surface area contributed by atoms with Crippen molar-refractivity contribution in [3.05, 3.63) is 53.7 Å². The van der Waals surface area contributed by atoms with Gasteiger partial charge in [-0.2, -0.15) is 5.10 Å². The minimum absolute atomic E-state index is 0.179. The molecule has 9 nitrogen and oxygen atoms in total. The summed E-state index contributed by atoms with van der Waals surface area (Å²) in [6.45, 7) is 10.7. The van der Waals surface area contributed by atoms with Crippen LogP contribution in [0.4, 0.5) is 5.82 Å². The molecule has 36 heavy (non-hydrogen) atoms. The zero-order valence-corrected chi connectivity index (χ0v) is 21.9. The molecule has 0 fully saturated rings. The van der Waals surface area contributed by atoms with Gasteiger partial charge in [-0.15, -0.1) is 11.3 Å². The molecular weight excluding hydrogens is 474 g/mol. The Bertz CT molecular complexity index is 1300. The maximum atomic E-state index is 13.2. The molecule has 2 atom stereocenters. The summed E-state index contributed by atoms with van der Waals surface area (Å²) in [5.41, 5.74) is 3.29. The Labute approximate surface area is 215 Å². The second kappa shape index (κ2) is 11.6. The standard InChI is InChI=1S/C26H33N7O2S/c1-5-32(6-2)17(3)14-28-26(35)19-12-22(30-24(13-19)27-15-18(4)34)20-16-29-33-10-9-21(31-25(20)33)23-8-7-11-36-23/h7-13,16-18,34H,5-6,14-15H2,1-4H3,(H,27,30)(H,28,35). The van der Waals surface area contributed by atoms with Gasteiger partial charge >= 0.3 is 0 Å². The largest absolute Gasteiger partial charge is 0.392 e. The van der Waals surface area contributed by atoms with E-state index in [0.29, 0.717) is 35.8 Å². The van der Waals surface area contributed by atoms with Crippen molar-refractivity contribution in [1.82, 2.24) is 29.8 Å². The molecule has 4 rings (SSSR count). The number of nitrogens with zero attached hydrogens (tertiary/aromatic N) is 5. The first kappa shape index (κ1) is 25.7. The molecule has 0 aliphatic carbocycles. The number of likely N-dealkylation sites (N-methyl/N-ethyl adjacent to an activating group) is 1. The quantitative estimate of drug-likeness (QED) is 0.284. The number of rotatable bonds is 11. The Morgan fingerprint density at radius 3 is 2.64 bits per heavy atom. The molecule has 2 unspecified atom stereocenters. The predicted octanol–water partition coefficient (Wildman–Crippen LogP) is 3.77. The highest BCUT2D eigenvalue weighted by Gasteiger charge is 2.18. The maximum Gasteiger partial charge on any atom is 0.251 e. The molecule has 0 saturated carbocycles. The summed E-state index contributed by atoms with van der Waals surface area (Å²) in [7, 11) is 0. The second-order valence-corrected chi connectivity index (χ2v) is 9.70. The zero-order chi connectivity index (χ0) is 25.7. The molecule has 0 radical (unpaired) electrons. The molecule has 190 valence electrons.